The lowest BCUT2D eigenvalue weighted by atomic mass is 10.1. The Hall–Kier alpha value is -2.60. The Kier molecular flexibility index (Phi) is 5.42. The average Bonchev–Trinajstić information content (AvgIpc) is 2.65. The molecule has 0 radical (unpaired) electrons. The van der Waals surface area contributed by atoms with Crippen LogP contribution in [0.2, 0.25) is 0 Å². The van der Waals surface area contributed by atoms with Gasteiger partial charge in [-0.1, -0.05) is 49.0 Å². The van der Waals surface area contributed by atoms with E-state index >= 15 is 0 Å². The number of hydrogen-bond acceptors (Lipinski definition) is 4. The van der Waals surface area contributed by atoms with Gasteiger partial charge in [-0.25, -0.2) is 4.98 Å². The minimum atomic E-state index is -0.110. The van der Waals surface area contributed by atoms with E-state index in [1.807, 2.05) is 43.3 Å². The number of amides is 1. The van der Waals surface area contributed by atoms with E-state index in [1.165, 1.54) is 16.3 Å². The summed E-state index contributed by atoms with van der Waals surface area (Å²) in [6.07, 6.45) is 0.852. The number of rotatable bonds is 5. The first-order valence-corrected chi connectivity index (χ1v) is 9.46. The number of anilines is 1. The van der Waals surface area contributed by atoms with Gasteiger partial charge < -0.3 is 5.32 Å². The van der Waals surface area contributed by atoms with Gasteiger partial charge in [0.15, 0.2) is 5.16 Å². The molecule has 1 amide bonds. The van der Waals surface area contributed by atoms with Crippen molar-refractivity contribution in [2.24, 2.45) is 7.05 Å². The van der Waals surface area contributed by atoms with Crippen LogP contribution in [-0.2, 0) is 18.3 Å². The largest absolute Gasteiger partial charge is 0.325 e. The first-order valence-electron chi connectivity index (χ1n) is 8.48. The summed E-state index contributed by atoms with van der Waals surface area (Å²) in [5.41, 5.74) is 3.57. The first kappa shape index (κ1) is 18.2. The Morgan fingerprint density at radius 1 is 1.19 bits per heavy atom. The van der Waals surface area contributed by atoms with Gasteiger partial charge in [-0.05, 0) is 36.6 Å². The molecule has 1 aromatic heterocycles. The Labute approximate surface area is 156 Å². The van der Waals surface area contributed by atoms with Crippen LogP contribution < -0.4 is 10.9 Å². The summed E-state index contributed by atoms with van der Waals surface area (Å²) >= 11 is 1.26. The summed E-state index contributed by atoms with van der Waals surface area (Å²) in [7, 11) is 1.68. The number of carbonyl (C=O) groups excluding carboxylic acids is 1. The van der Waals surface area contributed by atoms with E-state index in [1.54, 1.807) is 13.1 Å². The molecule has 0 fully saturated rings. The zero-order valence-electron chi connectivity index (χ0n) is 15.1. The van der Waals surface area contributed by atoms with Crippen molar-refractivity contribution in [1.29, 1.82) is 0 Å². The van der Waals surface area contributed by atoms with Crippen molar-refractivity contribution in [3.05, 3.63) is 63.9 Å². The third-order valence-corrected chi connectivity index (χ3v) is 5.31. The highest BCUT2D eigenvalue weighted by atomic mass is 32.2. The van der Waals surface area contributed by atoms with E-state index in [-0.39, 0.29) is 17.2 Å². The highest BCUT2D eigenvalue weighted by Gasteiger charge is 2.12. The summed E-state index contributed by atoms with van der Waals surface area (Å²) < 4.78 is 1.49. The monoisotopic (exact) mass is 367 g/mol. The molecule has 0 unspecified atom stereocenters. The smallest absolute Gasteiger partial charge is 0.261 e. The normalized spacial score (nSPS) is 10.9. The van der Waals surface area contributed by atoms with Gasteiger partial charge in [0.1, 0.15) is 0 Å². The molecule has 0 bridgehead atoms. The lowest BCUT2D eigenvalue weighted by Crippen LogP contribution is -2.21. The van der Waals surface area contributed by atoms with Crippen LogP contribution in [0.5, 0.6) is 0 Å². The molecule has 0 spiro atoms. The lowest BCUT2D eigenvalue weighted by molar-refractivity contribution is -0.113. The second-order valence-corrected chi connectivity index (χ2v) is 7.02. The van der Waals surface area contributed by atoms with E-state index in [0.29, 0.717) is 16.1 Å². The number of fused-ring (bicyclic) bond motifs is 1. The standard InChI is InChI=1S/C20H21N3O2S/c1-4-14-9-7-8-13(2)18(14)22-17(24)12-26-20-21-16-11-6-5-10-15(16)19(25)23(20)3/h5-11H,4,12H2,1-3H3,(H,22,24). The predicted molar refractivity (Wildman–Crippen MR) is 107 cm³/mol. The second kappa shape index (κ2) is 7.74. The van der Waals surface area contributed by atoms with Crippen LogP contribution in [0.4, 0.5) is 5.69 Å². The molecule has 5 nitrogen and oxygen atoms in total. The third kappa shape index (κ3) is 3.65. The average molecular weight is 367 g/mol. The number of nitrogens with zero attached hydrogens (tertiary/aromatic N) is 2. The summed E-state index contributed by atoms with van der Waals surface area (Å²) in [6, 6.07) is 13.2. The number of thioether (sulfide) groups is 1. The number of aromatic nitrogens is 2. The summed E-state index contributed by atoms with van der Waals surface area (Å²) in [5, 5.41) is 4.11. The van der Waals surface area contributed by atoms with E-state index in [4.69, 9.17) is 0 Å². The fraction of sp³-hybridized carbons (Fsp3) is 0.250. The Bertz CT molecular complexity index is 1030. The summed E-state index contributed by atoms with van der Waals surface area (Å²) in [6.45, 7) is 4.05. The molecule has 6 heteroatoms. The molecule has 3 aromatic rings. The van der Waals surface area contributed by atoms with Gasteiger partial charge in [-0.2, -0.15) is 0 Å². The molecule has 0 saturated carbocycles. The molecule has 1 heterocycles. The molecular formula is C20H21N3O2S. The van der Waals surface area contributed by atoms with Crippen LogP contribution in [0.25, 0.3) is 10.9 Å². The number of carbonyl (C=O) groups is 1. The van der Waals surface area contributed by atoms with Gasteiger partial charge in [0.25, 0.3) is 5.56 Å². The topological polar surface area (TPSA) is 64.0 Å². The maximum Gasteiger partial charge on any atom is 0.261 e. The predicted octanol–water partition coefficient (Wildman–Crippen LogP) is 3.54. The number of benzene rings is 2. The molecule has 134 valence electrons. The summed E-state index contributed by atoms with van der Waals surface area (Å²) in [5.74, 6) is 0.0808. The molecular weight excluding hydrogens is 346 g/mol. The highest BCUT2D eigenvalue weighted by molar-refractivity contribution is 7.99. The van der Waals surface area contributed by atoms with E-state index in [9.17, 15) is 9.59 Å². The van der Waals surface area contributed by atoms with Gasteiger partial charge >= 0.3 is 0 Å². The first-order chi connectivity index (χ1) is 12.5. The van der Waals surface area contributed by atoms with Crippen molar-refractivity contribution in [2.75, 3.05) is 11.1 Å². The molecule has 2 aromatic carbocycles. The molecule has 0 aliphatic rings. The van der Waals surface area contributed by atoms with Crippen LogP contribution in [0.1, 0.15) is 18.1 Å². The second-order valence-electron chi connectivity index (χ2n) is 6.08. The van der Waals surface area contributed by atoms with Crippen molar-refractivity contribution in [3.63, 3.8) is 0 Å². The quantitative estimate of drug-likeness (QED) is 0.553. The number of para-hydroxylation sites is 2. The van der Waals surface area contributed by atoms with Gasteiger partial charge in [-0.15, -0.1) is 0 Å². The zero-order chi connectivity index (χ0) is 18.7. The van der Waals surface area contributed by atoms with Crippen LogP contribution in [0, 0.1) is 6.92 Å². The fourth-order valence-corrected chi connectivity index (χ4v) is 3.61. The maximum absolute atomic E-state index is 12.4. The van der Waals surface area contributed by atoms with E-state index < -0.39 is 0 Å². The van der Waals surface area contributed by atoms with Crippen molar-refractivity contribution in [1.82, 2.24) is 9.55 Å². The molecule has 1 N–H and O–H groups in total. The van der Waals surface area contributed by atoms with Gasteiger partial charge in [0, 0.05) is 12.7 Å². The van der Waals surface area contributed by atoms with Crippen LogP contribution in [-0.4, -0.2) is 21.2 Å². The van der Waals surface area contributed by atoms with Crippen LogP contribution in [0.15, 0.2) is 52.4 Å². The Balaban J connectivity index is 1.78. The Morgan fingerprint density at radius 2 is 1.96 bits per heavy atom. The van der Waals surface area contributed by atoms with Crippen molar-refractivity contribution in [2.45, 2.75) is 25.4 Å². The van der Waals surface area contributed by atoms with Crippen molar-refractivity contribution in [3.8, 4) is 0 Å². The van der Waals surface area contributed by atoms with Gasteiger partial charge in [-0.3, -0.25) is 14.2 Å². The molecule has 3 rings (SSSR count). The summed E-state index contributed by atoms with van der Waals surface area (Å²) in [4.78, 5) is 29.4. The van der Waals surface area contributed by atoms with E-state index in [2.05, 4.69) is 17.2 Å². The number of nitrogens with one attached hydrogen (secondary N) is 1. The lowest BCUT2D eigenvalue weighted by Gasteiger charge is -2.13. The maximum atomic E-state index is 12.4. The third-order valence-electron chi connectivity index (χ3n) is 4.28. The van der Waals surface area contributed by atoms with Crippen molar-refractivity contribution < 1.29 is 4.79 Å². The molecule has 0 atom stereocenters. The zero-order valence-corrected chi connectivity index (χ0v) is 15.9. The minimum Gasteiger partial charge on any atom is -0.325 e. The van der Waals surface area contributed by atoms with Gasteiger partial charge in [0.2, 0.25) is 5.91 Å². The minimum absolute atomic E-state index is 0.106. The van der Waals surface area contributed by atoms with Crippen molar-refractivity contribution >= 4 is 34.3 Å². The SMILES string of the molecule is CCc1cccc(C)c1NC(=O)CSc1nc2ccccc2c(=O)n1C. The molecule has 26 heavy (non-hydrogen) atoms. The Morgan fingerprint density at radius 3 is 2.73 bits per heavy atom. The molecule has 0 saturated heterocycles. The molecule has 0 aliphatic carbocycles. The van der Waals surface area contributed by atoms with E-state index in [0.717, 1.165) is 23.2 Å². The van der Waals surface area contributed by atoms with Crippen LogP contribution in [0.3, 0.4) is 0 Å². The number of aryl methyl sites for hydroxylation is 2. The van der Waals surface area contributed by atoms with Crippen LogP contribution >= 0.6 is 11.8 Å². The number of hydrogen-bond donors (Lipinski definition) is 1. The highest BCUT2D eigenvalue weighted by Crippen LogP contribution is 2.22. The molecule has 0 aliphatic heterocycles. The fourth-order valence-electron chi connectivity index (χ4n) is 2.83. The van der Waals surface area contributed by atoms with Gasteiger partial charge in [0.05, 0.1) is 16.7 Å².